The molecule has 3 aromatic rings. The van der Waals surface area contributed by atoms with Gasteiger partial charge < -0.3 is 31.3 Å². The minimum Gasteiger partial charge on any atom is -0.503 e. The Bertz CT molecular complexity index is 1700. The Morgan fingerprint density at radius 1 is 1.36 bits per heavy atom. The molecule has 6 N–H and O–H groups in total. The highest BCUT2D eigenvalue weighted by Gasteiger charge is 2.54. The largest absolute Gasteiger partial charge is 0.503 e. The molecule has 3 aromatic heterocycles. The van der Waals surface area contributed by atoms with Gasteiger partial charge >= 0.3 is 5.97 Å². The first-order valence-corrected chi connectivity index (χ1v) is 14.6. The Balaban J connectivity index is 1.31. The zero-order chi connectivity index (χ0) is 30.1. The molecular weight excluding hydrogens is 616 g/mol. The summed E-state index contributed by atoms with van der Waals surface area (Å²) in [5.41, 5.74) is 4.86. The molecule has 1 fully saturated rings. The number of fused-ring (bicyclic) bond motifs is 1. The van der Waals surface area contributed by atoms with Gasteiger partial charge in [0.1, 0.15) is 28.5 Å². The highest BCUT2D eigenvalue weighted by Crippen LogP contribution is 2.41. The number of nitrogen functional groups attached to an aromatic ring is 1. The highest BCUT2D eigenvalue weighted by atomic mass is 32.2. The molecule has 5 heterocycles. The number of hydrogen-bond donors (Lipinski definition) is 5. The molecule has 0 aliphatic carbocycles. The number of carbonyl (C=O) groups excluding carboxylic acids is 2. The van der Waals surface area contributed by atoms with Crippen molar-refractivity contribution in [1.29, 1.82) is 0 Å². The van der Waals surface area contributed by atoms with Crippen LogP contribution in [0.25, 0.3) is 0 Å². The van der Waals surface area contributed by atoms with Crippen molar-refractivity contribution in [3.63, 3.8) is 0 Å². The third kappa shape index (κ3) is 5.60. The van der Waals surface area contributed by atoms with Crippen LogP contribution in [0.4, 0.5) is 5.13 Å². The first kappa shape index (κ1) is 28.9. The lowest BCUT2D eigenvalue weighted by Crippen LogP contribution is -2.71. The molecule has 0 bridgehead atoms. The van der Waals surface area contributed by atoms with E-state index in [1.165, 1.54) is 33.6 Å². The van der Waals surface area contributed by atoms with Crippen molar-refractivity contribution in [2.75, 3.05) is 17.2 Å². The number of oxime groups is 1. The summed E-state index contributed by atoms with van der Waals surface area (Å²) in [6.45, 7) is -0.477. The van der Waals surface area contributed by atoms with Gasteiger partial charge in [0.05, 0.1) is 6.20 Å². The van der Waals surface area contributed by atoms with E-state index in [4.69, 9.17) is 10.6 Å². The number of carboxylic acid groups (broad SMARTS) is 1. The number of aromatic nitrogens is 6. The van der Waals surface area contributed by atoms with Crippen molar-refractivity contribution in [1.82, 2.24) is 40.1 Å². The van der Waals surface area contributed by atoms with Gasteiger partial charge in [0, 0.05) is 30.0 Å². The van der Waals surface area contributed by atoms with Gasteiger partial charge in [0.25, 0.3) is 11.8 Å². The Hall–Kier alpha value is -4.63. The molecule has 21 heteroatoms. The average molecular weight is 637 g/mol. The Morgan fingerprint density at radius 2 is 2.14 bits per heavy atom. The van der Waals surface area contributed by atoms with E-state index in [0.717, 1.165) is 28.5 Å². The van der Waals surface area contributed by atoms with Gasteiger partial charge in [-0.15, -0.1) is 28.2 Å². The number of carboxylic acids is 1. The number of tetrazole rings is 1. The molecule has 2 aliphatic heterocycles. The van der Waals surface area contributed by atoms with Crippen LogP contribution in [0.1, 0.15) is 11.4 Å². The summed E-state index contributed by atoms with van der Waals surface area (Å²) in [6, 6.07) is -0.160. The molecule has 0 spiro atoms. The third-order valence-electron chi connectivity index (χ3n) is 5.93. The fraction of sp³-hybridized carbons (Fsp3) is 0.286. The van der Waals surface area contributed by atoms with Gasteiger partial charge in [-0.2, -0.15) is 4.73 Å². The van der Waals surface area contributed by atoms with Crippen LogP contribution >= 0.6 is 34.9 Å². The number of aryl methyl sites for hydroxylation is 1. The smallest absolute Gasteiger partial charge is 0.352 e. The van der Waals surface area contributed by atoms with Crippen LogP contribution in [0.15, 0.2) is 44.0 Å². The molecule has 5 rings (SSSR count). The molecule has 0 aromatic carbocycles. The van der Waals surface area contributed by atoms with Crippen LogP contribution in [0.2, 0.25) is 0 Å². The van der Waals surface area contributed by atoms with E-state index in [2.05, 4.69) is 31.0 Å². The summed E-state index contributed by atoms with van der Waals surface area (Å²) in [5.74, 6) is -2.94. The second-order valence-electron chi connectivity index (χ2n) is 8.64. The van der Waals surface area contributed by atoms with Crippen LogP contribution in [-0.2, 0) is 32.9 Å². The fourth-order valence-electron chi connectivity index (χ4n) is 3.92. The molecular formula is C21H20N10O8S3. The minimum atomic E-state index is -1.28. The number of nitrogens with one attached hydrogen (secondary N) is 1. The van der Waals surface area contributed by atoms with E-state index in [0.29, 0.717) is 15.5 Å². The number of aromatic hydroxyl groups is 1. The maximum Gasteiger partial charge on any atom is 0.352 e. The van der Waals surface area contributed by atoms with Crippen molar-refractivity contribution in [2.45, 2.75) is 23.2 Å². The van der Waals surface area contributed by atoms with Gasteiger partial charge in [0.15, 0.2) is 23.2 Å². The van der Waals surface area contributed by atoms with Gasteiger partial charge in [-0.25, -0.2) is 14.5 Å². The van der Waals surface area contributed by atoms with Crippen LogP contribution in [0.3, 0.4) is 0 Å². The number of nitrogens with two attached hydrogens (primary N) is 1. The monoisotopic (exact) mass is 636 g/mol. The van der Waals surface area contributed by atoms with Gasteiger partial charge in [-0.05, 0) is 16.0 Å². The number of hydrogen-bond acceptors (Lipinski definition) is 16. The third-order valence-corrected chi connectivity index (χ3v) is 9.04. The van der Waals surface area contributed by atoms with Gasteiger partial charge in [-0.1, -0.05) is 16.9 Å². The van der Waals surface area contributed by atoms with Crippen LogP contribution in [-0.4, -0.2) is 96.7 Å². The van der Waals surface area contributed by atoms with Crippen LogP contribution < -0.4 is 16.5 Å². The van der Waals surface area contributed by atoms with Crippen molar-refractivity contribution < 1.29 is 34.6 Å². The molecule has 0 saturated carbocycles. The number of rotatable bonds is 10. The lowest BCUT2D eigenvalue weighted by Gasteiger charge is -2.49. The zero-order valence-corrected chi connectivity index (χ0v) is 23.7. The molecule has 1 saturated heterocycles. The van der Waals surface area contributed by atoms with E-state index < -0.39 is 47.0 Å². The summed E-state index contributed by atoms with van der Waals surface area (Å²) in [6.07, 6.45) is 0.770. The predicted molar refractivity (Wildman–Crippen MR) is 147 cm³/mol. The van der Waals surface area contributed by atoms with Crippen molar-refractivity contribution in [2.24, 2.45) is 12.2 Å². The second kappa shape index (κ2) is 11.7. The maximum atomic E-state index is 13.3. The van der Waals surface area contributed by atoms with Crippen molar-refractivity contribution in [3.8, 4) is 5.75 Å². The summed E-state index contributed by atoms with van der Waals surface area (Å²) < 4.78 is 1.90. The predicted octanol–water partition coefficient (Wildman–Crippen LogP) is -1.19. The zero-order valence-electron chi connectivity index (χ0n) is 21.3. The lowest BCUT2D eigenvalue weighted by atomic mass is 10.0. The van der Waals surface area contributed by atoms with E-state index in [-0.39, 0.29) is 39.4 Å². The molecule has 2 aliphatic rings. The number of thioether (sulfide) groups is 2. The van der Waals surface area contributed by atoms with Crippen LogP contribution in [0.5, 0.6) is 5.75 Å². The first-order valence-electron chi connectivity index (χ1n) is 11.7. The first-order chi connectivity index (χ1) is 20.0. The number of carbonyl (C=O) groups is 3. The number of nitrogens with zero attached hydrogens (tertiary/aromatic N) is 8. The normalized spacial score (nSPS) is 18.5. The van der Waals surface area contributed by atoms with E-state index in [1.807, 2.05) is 0 Å². The van der Waals surface area contributed by atoms with Crippen molar-refractivity contribution in [3.05, 3.63) is 50.5 Å². The van der Waals surface area contributed by atoms with Gasteiger partial charge in [-0.3, -0.25) is 19.3 Å². The number of anilines is 1. The molecule has 0 unspecified atom stereocenters. The molecule has 2 atom stereocenters. The number of pyridine rings is 1. The second-order valence-corrected chi connectivity index (χ2v) is 11.6. The van der Waals surface area contributed by atoms with Crippen molar-refractivity contribution >= 4 is 63.5 Å². The fourth-order valence-corrected chi connectivity index (χ4v) is 6.81. The summed E-state index contributed by atoms with van der Waals surface area (Å²) in [7, 11) is 1.65. The summed E-state index contributed by atoms with van der Waals surface area (Å²) in [4.78, 5) is 60.5. The SMILES string of the molecule is Cn1nnnc1SCC1=C(C(=O)O)N2C(=O)[C@@H](NC(=O)/C(=N\OCc3cc(=O)c(O)cn3O)c3csc(N)n3)[C@H]2SC1. The van der Waals surface area contributed by atoms with Crippen LogP contribution in [0, 0.1) is 0 Å². The molecule has 2 amide bonds. The van der Waals surface area contributed by atoms with Gasteiger partial charge in [0.2, 0.25) is 10.6 Å². The quantitative estimate of drug-likeness (QED) is 0.0576. The Morgan fingerprint density at radius 3 is 2.81 bits per heavy atom. The summed E-state index contributed by atoms with van der Waals surface area (Å²) in [5, 5.41) is 48.0. The Kier molecular flexibility index (Phi) is 8.04. The number of amides is 2. The number of aliphatic carboxylic acids is 1. The van der Waals surface area contributed by atoms with E-state index in [1.54, 1.807) is 7.05 Å². The summed E-state index contributed by atoms with van der Waals surface area (Å²) >= 11 is 3.53. The van der Waals surface area contributed by atoms with E-state index in [9.17, 15) is 34.6 Å². The highest BCUT2D eigenvalue weighted by molar-refractivity contribution is 8.01. The lowest BCUT2D eigenvalue weighted by molar-refractivity contribution is -0.150. The number of thiazole rings is 1. The molecule has 0 radical (unpaired) electrons. The molecule has 42 heavy (non-hydrogen) atoms. The molecule has 220 valence electrons. The maximum absolute atomic E-state index is 13.3. The number of β-lactam (4-membered cyclic amide) rings is 1. The standard InChI is InChI=1S/C21H20N10O8S3/c1-29-21(25-27-28-29)42-6-8-5-40-18-14(17(35)31(18)15(8)19(36)37)24-16(34)13(10-7-41-20(22)23-10)26-39-4-9-2-11(32)12(33)3-30(9)38/h2-3,7,14,18,33,38H,4-6H2,1H3,(H2,22,23)(H,24,34)(H,36,37)/b26-13-/t14-,18-/m1/s1. The average Bonchev–Trinajstić information content (AvgIpc) is 3.57. The van der Waals surface area contributed by atoms with E-state index >= 15 is 0 Å². The molecule has 18 nitrogen and oxygen atoms in total. The Labute approximate surface area is 246 Å². The topological polar surface area (TPSA) is 253 Å². The minimum absolute atomic E-state index is 0.0331.